The van der Waals surface area contributed by atoms with Crippen LogP contribution in [0.3, 0.4) is 0 Å². The van der Waals surface area contributed by atoms with Crippen molar-refractivity contribution in [1.82, 2.24) is 20.6 Å². The zero-order valence-electron chi connectivity index (χ0n) is 15.7. The van der Waals surface area contributed by atoms with E-state index in [1.54, 1.807) is 0 Å². The number of nitrogens with zero attached hydrogens (tertiary/aromatic N) is 3. The molecule has 2 aromatic heterocycles. The van der Waals surface area contributed by atoms with Crippen molar-refractivity contribution in [3.05, 3.63) is 71.9 Å². The molecular formula is C21H18N4O3S. The molecule has 0 aliphatic rings. The summed E-state index contributed by atoms with van der Waals surface area (Å²) < 4.78 is 10.6. The Kier molecular flexibility index (Phi) is 5.71. The molecular weight excluding hydrogens is 388 g/mol. The van der Waals surface area contributed by atoms with Gasteiger partial charge in [-0.2, -0.15) is 4.98 Å². The first-order valence-electron chi connectivity index (χ1n) is 9.00. The molecule has 0 atom stereocenters. The van der Waals surface area contributed by atoms with Crippen molar-refractivity contribution in [1.29, 1.82) is 0 Å². The first-order chi connectivity index (χ1) is 14.2. The van der Waals surface area contributed by atoms with Gasteiger partial charge >= 0.3 is 0 Å². The maximum Gasteiger partial charge on any atom is 0.286 e. The third-order valence-electron chi connectivity index (χ3n) is 4.28. The lowest BCUT2D eigenvalue weighted by molar-refractivity contribution is -0.118. The zero-order valence-corrected chi connectivity index (χ0v) is 16.5. The minimum atomic E-state index is -0.155. The monoisotopic (exact) mass is 406 g/mol. The summed E-state index contributed by atoms with van der Waals surface area (Å²) in [5.41, 5.74) is 3.43. The van der Waals surface area contributed by atoms with Gasteiger partial charge in [-0.15, -0.1) is 0 Å². The molecule has 2 heterocycles. The van der Waals surface area contributed by atoms with Crippen LogP contribution >= 0.6 is 11.8 Å². The number of hydrogen-bond donors (Lipinski definition) is 1. The summed E-state index contributed by atoms with van der Waals surface area (Å²) in [6.45, 7) is 2.22. The summed E-state index contributed by atoms with van der Waals surface area (Å²) in [6.07, 6.45) is 0. The molecule has 0 radical (unpaired) electrons. The molecule has 0 unspecified atom stereocenters. The molecule has 2 aromatic carbocycles. The van der Waals surface area contributed by atoms with Gasteiger partial charge in [0.05, 0.1) is 12.3 Å². The Hall–Kier alpha value is -3.39. The number of hydrogen-bond acceptors (Lipinski definition) is 7. The van der Waals surface area contributed by atoms with Gasteiger partial charge in [-0.05, 0) is 6.92 Å². The minimum Gasteiger partial charge on any atom is -0.356 e. The molecule has 4 aromatic rings. The fourth-order valence-corrected chi connectivity index (χ4v) is 3.32. The molecule has 0 saturated carbocycles. The number of amides is 1. The number of benzene rings is 2. The highest BCUT2D eigenvalue weighted by atomic mass is 32.2. The smallest absolute Gasteiger partial charge is 0.286 e. The van der Waals surface area contributed by atoms with Crippen LogP contribution in [0.15, 0.2) is 74.9 Å². The second-order valence-corrected chi connectivity index (χ2v) is 7.19. The van der Waals surface area contributed by atoms with E-state index in [9.17, 15) is 4.79 Å². The van der Waals surface area contributed by atoms with Gasteiger partial charge in [-0.3, -0.25) is 4.79 Å². The van der Waals surface area contributed by atoms with Gasteiger partial charge in [0, 0.05) is 16.7 Å². The van der Waals surface area contributed by atoms with Gasteiger partial charge in [0.15, 0.2) is 5.76 Å². The SMILES string of the molecule is Cc1c(CNC(=O)CSc2nc(-c3ccccc3)no2)noc1-c1ccccc1. The lowest BCUT2D eigenvalue weighted by Crippen LogP contribution is -2.25. The third-order valence-corrected chi connectivity index (χ3v) is 5.09. The number of thioether (sulfide) groups is 1. The van der Waals surface area contributed by atoms with Crippen LogP contribution in [-0.2, 0) is 11.3 Å². The Bertz CT molecular complexity index is 1090. The van der Waals surface area contributed by atoms with E-state index in [0.29, 0.717) is 29.0 Å². The molecule has 0 bridgehead atoms. The molecule has 1 N–H and O–H groups in total. The Labute approximate surface area is 171 Å². The molecule has 29 heavy (non-hydrogen) atoms. The third kappa shape index (κ3) is 4.55. The van der Waals surface area contributed by atoms with Gasteiger partial charge in [0.1, 0.15) is 5.69 Å². The van der Waals surface area contributed by atoms with Crippen molar-refractivity contribution in [3.63, 3.8) is 0 Å². The summed E-state index contributed by atoms with van der Waals surface area (Å²) in [4.78, 5) is 16.5. The van der Waals surface area contributed by atoms with Crippen LogP contribution in [0.2, 0.25) is 0 Å². The van der Waals surface area contributed by atoms with Crippen molar-refractivity contribution in [2.75, 3.05) is 5.75 Å². The van der Waals surface area contributed by atoms with E-state index in [0.717, 1.165) is 16.7 Å². The highest BCUT2D eigenvalue weighted by Crippen LogP contribution is 2.25. The van der Waals surface area contributed by atoms with Crippen LogP contribution in [0.4, 0.5) is 0 Å². The second kappa shape index (κ2) is 8.74. The lowest BCUT2D eigenvalue weighted by Gasteiger charge is -2.02. The predicted molar refractivity (Wildman–Crippen MR) is 109 cm³/mol. The lowest BCUT2D eigenvalue weighted by atomic mass is 10.1. The zero-order chi connectivity index (χ0) is 20.1. The van der Waals surface area contributed by atoms with E-state index >= 15 is 0 Å². The van der Waals surface area contributed by atoms with Gasteiger partial charge in [0.25, 0.3) is 5.22 Å². The molecule has 0 spiro atoms. The van der Waals surface area contributed by atoms with Crippen molar-refractivity contribution >= 4 is 17.7 Å². The highest BCUT2D eigenvalue weighted by molar-refractivity contribution is 7.99. The van der Waals surface area contributed by atoms with Gasteiger partial charge in [-0.25, -0.2) is 0 Å². The largest absolute Gasteiger partial charge is 0.356 e. The maximum absolute atomic E-state index is 12.2. The van der Waals surface area contributed by atoms with Gasteiger partial charge < -0.3 is 14.4 Å². The normalized spacial score (nSPS) is 10.8. The van der Waals surface area contributed by atoms with E-state index in [4.69, 9.17) is 9.05 Å². The molecule has 0 aliphatic carbocycles. The molecule has 8 heteroatoms. The first kappa shape index (κ1) is 18.9. The van der Waals surface area contributed by atoms with E-state index in [1.165, 1.54) is 11.8 Å². The highest BCUT2D eigenvalue weighted by Gasteiger charge is 2.15. The molecule has 0 fully saturated rings. The summed E-state index contributed by atoms with van der Waals surface area (Å²) >= 11 is 1.19. The predicted octanol–water partition coefficient (Wildman–Crippen LogP) is 4.11. The maximum atomic E-state index is 12.2. The molecule has 7 nitrogen and oxygen atoms in total. The van der Waals surface area contributed by atoms with Crippen molar-refractivity contribution < 1.29 is 13.8 Å². The quantitative estimate of drug-likeness (QED) is 0.462. The Morgan fingerprint density at radius 3 is 2.38 bits per heavy atom. The molecule has 4 rings (SSSR count). The van der Waals surface area contributed by atoms with Crippen LogP contribution in [0.1, 0.15) is 11.3 Å². The number of nitrogens with one attached hydrogen (secondary N) is 1. The number of carbonyl (C=O) groups excluding carboxylic acids is 1. The van der Waals surface area contributed by atoms with Crippen LogP contribution in [0.25, 0.3) is 22.7 Å². The molecule has 1 amide bonds. The van der Waals surface area contributed by atoms with Crippen LogP contribution in [0, 0.1) is 6.92 Å². The van der Waals surface area contributed by atoms with E-state index in [1.807, 2.05) is 67.6 Å². The fourth-order valence-electron chi connectivity index (χ4n) is 2.73. The summed E-state index contributed by atoms with van der Waals surface area (Å²) in [6, 6.07) is 19.3. The van der Waals surface area contributed by atoms with E-state index < -0.39 is 0 Å². The minimum absolute atomic E-state index is 0.155. The van der Waals surface area contributed by atoms with E-state index in [2.05, 4.69) is 20.6 Å². The number of aromatic nitrogens is 3. The second-order valence-electron chi connectivity index (χ2n) is 6.26. The molecule has 146 valence electrons. The average molecular weight is 406 g/mol. The Morgan fingerprint density at radius 1 is 0.966 bits per heavy atom. The van der Waals surface area contributed by atoms with Crippen LogP contribution in [0.5, 0.6) is 0 Å². The molecule has 0 saturated heterocycles. The Morgan fingerprint density at radius 2 is 1.66 bits per heavy atom. The molecule has 0 aliphatic heterocycles. The average Bonchev–Trinajstić information content (AvgIpc) is 3.39. The van der Waals surface area contributed by atoms with Crippen molar-refractivity contribution in [3.8, 4) is 22.7 Å². The number of rotatable bonds is 7. The summed E-state index contributed by atoms with van der Waals surface area (Å²) in [7, 11) is 0. The van der Waals surface area contributed by atoms with Gasteiger partial charge in [-0.1, -0.05) is 82.7 Å². The topological polar surface area (TPSA) is 94.1 Å². The first-order valence-corrected chi connectivity index (χ1v) is 9.98. The van der Waals surface area contributed by atoms with Crippen molar-refractivity contribution in [2.24, 2.45) is 0 Å². The summed E-state index contributed by atoms with van der Waals surface area (Å²) in [5.74, 6) is 1.22. The van der Waals surface area contributed by atoms with Crippen molar-refractivity contribution in [2.45, 2.75) is 18.7 Å². The standard InChI is InChI=1S/C21H18N4O3S/c1-14-17(24-27-19(14)15-8-4-2-5-9-15)12-22-18(26)13-29-21-23-20(25-28-21)16-10-6-3-7-11-16/h2-11H,12-13H2,1H3,(H,22,26). The number of carbonyl (C=O) groups is 1. The van der Waals surface area contributed by atoms with E-state index in [-0.39, 0.29) is 11.7 Å². The van der Waals surface area contributed by atoms with Gasteiger partial charge in [0.2, 0.25) is 11.7 Å². The Balaban J connectivity index is 1.30. The van der Waals surface area contributed by atoms with Crippen LogP contribution < -0.4 is 5.32 Å². The summed E-state index contributed by atoms with van der Waals surface area (Å²) in [5, 5.41) is 11.2. The fraction of sp³-hybridized carbons (Fsp3) is 0.143. The van der Waals surface area contributed by atoms with Crippen LogP contribution in [-0.4, -0.2) is 27.0 Å².